The number of halogens is 1. The molecular weight excluding hydrogens is 281 g/mol. The smallest absolute Gasteiger partial charge is 0.193 e. The fraction of sp³-hybridized carbons (Fsp3) is 0.588. The molecule has 0 aliphatic carbocycles. The van der Waals surface area contributed by atoms with Crippen molar-refractivity contribution < 1.29 is 9.13 Å². The van der Waals surface area contributed by atoms with Crippen LogP contribution in [-0.2, 0) is 0 Å². The van der Waals surface area contributed by atoms with Crippen LogP contribution in [0.25, 0.3) is 0 Å². The van der Waals surface area contributed by atoms with Crippen LogP contribution in [0.2, 0.25) is 0 Å². The molecule has 0 atom stereocenters. The number of likely N-dealkylation sites (tertiary alicyclic amines) is 1. The van der Waals surface area contributed by atoms with Crippen LogP contribution in [0, 0.1) is 5.82 Å². The standard InChI is InChI=1S/C17H26FN3O/c1-2-19-17(21-12-4-5-13-21)20-11-3-6-14-22-16-9-7-15(18)8-10-16/h7-10H,2-6,11-14H2,1H3,(H,19,20). The van der Waals surface area contributed by atoms with Gasteiger partial charge in [0.2, 0.25) is 0 Å². The van der Waals surface area contributed by atoms with Gasteiger partial charge < -0.3 is 15.0 Å². The SMILES string of the molecule is CCNC(=NCCCCOc1ccc(F)cc1)N1CCCC1. The van der Waals surface area contributed by atoms with Crippen molar-refractivity contribution in [2.45, 2.75) is 32.6 Å². The number of nitrogens with one attached hydrogen (secondary N) is 1. The van der Waals surface area contributed by atoms with Crippen LogP contribution in [-0.4, -0.2) is 43.6 Å². The summed E-state index contributed by atoms with van der Waals surface area (Å²) >= 11 is 0. The molecule has 0 saturated carbocycles. The number of hydrogen-bond acceptors (Lipinski definition) is 2. The second kappa shape index (κ2) is 9.28. The highest BCUT2D eigenvalue weighted by Crippen LogP contribution is 2.11. The number of unbranched alkanes of at least 4 members (excludes halogenated alkanes) is 1. The molecule has 0 radical (unpaired) electrons. The molecule has 0 bridgehead atoms. The molecule has 0 unspecified atom stereocenters. The van der Waals surface area contributed by atoms with Gasteiger partial charge in [-0.1, -0.05) is 0 Å². The van der Waals surface area contributed by atoms with E-state index in [4.69, 9.17) is 4.74 Å². The van der Waals surface area contributed by atoms with Crippen molar-refractivity contribution in [1.82, 2.24) is 10.2 Å². The highest BCUT2D eigenvalue weighted by molar-refractivity contribution is 5.80. The highest BCUT2D eigenvalue weighted by Gasteiger charge is 2.14. The van der Waals surface area contributed by atoms with Gasteiger partial charge in [0, 0.05) is 26.2 Å². The van der Waals surface area contributed by atoms with Crippen molar-refractivity contribution in [3.05, 3.63) is 30.1 Å². The Morgan fingerprint density at radius 1 is 1.23 bits per heavy atom. The molecule has 5 heteroatoms. The van der Waals surface area contributed by atoms with Gasteiger partial charge in [0.05, 0.1) is 6.61 Å². The van der Waals surface area contributed by atoms with Gasteiger partial charge in [-0.05, 0) is 56.9 Å². The lowest BCUT2D eigenvalue weighted by atomic mass is 10.3. The Kier molecular flexibility index (Phi) is 7.00. The van der Waals surface area contributed by atoms with Crippen LogP contribution >= 0.6 is 0 Å². The molecule has 1 aliphatic heterocycles. The summed E-state index contributed by atoms with van der Waals surface area (Å²) in [4.78, 5) is 7.01. The molecule has 1 fully saturated rings. The highest BCUT2D eigenvalue weighted by atomic mass is 19.1. The average molecular weight is 307 g/mol. The summed E-state index contributed by atoms with van der Waals surface area (Å²) in [5.41, 5.74) is 0. The van der Waals surface area contributed by atoms with Gasteiger partial charge >= 0.3 is 0 Å². The fourth-order valence-electron chi connectivity index (χ4n) is 2.47. The van der Waals surface area contributed by atoms with Gasteiger partial charge in [0.15, 0.2) is 5.96 Å². The van der Waals surface area contributed by atoms with Crippen LogP contribution < -0.4 is 10.1 Å². The van der Waals surface area contributed by atoms with E-state index in [1.165, 1.54) is 25.0 Å². The quantitative estimate of drug-likeness (QED) is 0.478. The molecule has 0 amide bonds. The first kappa shape index (κ1) is 16.6. The molecule has 1 heterocycles. The Hall–Kier alpha value is -1.78. The normalized spacial score (nSPS) is 15.2. The van der Waals surface area contributed by atoms with Crippen LogP contribution in [0.1, 0.15) is 32.6 Å². The minimum Gasteiger partial charge on any atom is -0.494 e. The van der Waals surface area contributed by atoms with Crippen molar-refractivity contribution in [3.8, 4) is 5.75 Å². The molecule has 1 saturated heterocycles. The van der Waals surface area contributed by atoms with Crippen molar-refractivity contribution in [1.29, 1.82) is 0 Å². The zero-order valence-corrected chi connectivity index (χ0v) is 13.4. The van der Waals surface area contributed by atoms with Crippen molar-refractivity contribution in [2.75, 3.05) is 32.8 Å². The summed E-state index contributed by atoms with van der Waals surface area (Å²) in [6.07, 6.45) is 4.45. The monoisotopic (exact) mass is 307 g/mol. The molecular formula is C17H26FN3O. The predicted molar refractivity (Wildman–Crippen MR) is 87.9 cm³/mol. The first-order valence-corrected chi connectivity index (χ1v) is 8.21. The number of hydrogen-bond donors (Lipinski definition) is 1. The molecule has 1 aromatic carbocycles. The predicted octanol–water partition coefficient (Wildman–Crippen LogP) is 3.05. The van der Waals surface area contributed by atoms with E-state index in [0.717, 1.165) is 50.7 Å². The van der Waals surface area contributed by atoms with Crippen LogP contribution in [0.5, 0.6) is 5.75 Å². The van der Waals surface area contributed by atoms with Gasteiger partial charge in [0.1, 0.15) is 11.6 Å². The number of nitrogens with zero attached hydrogens (tertiary/aromatic N) is 2. The maximum Gasteiger partial charge on any atom is 0.193 e. The number of benzene rings is 1. The Morgan fingerprint density at radius 2 is 1.95 bits per heavy atom. The Labute approximate surface area is 132 Å². The zero-order chi connectivity index (χ0) is 15.6. The summed E-state index contributed by atoms with van der Waals surface area (Å²) in [5.74, 6) is 1.52. The van der Waals surface area contributed by atoms with E-state index in [-0.39, 0.29) is 5.82 Å². The molecule has 1 N–H and O–H groups in total. The number of aliphatic imine (C=N–C) groups is 1. The maximum atomic E-state index is 12.8. The number of guanidine groups is 1. The van der Waals surface area contributed by atoms with E-state index < -0.39 is 0 Å². The third-order valence-electron chi connectivity index (χ3n) is 3.64. The van der Waals surface area contributed by atoms with Gasteiger partial charge in [-0.25, -0.2) is 4.39 Å². The Balaban J connectivity index is 1.64. The van der Waals surface area contributed by atoms with Gasteiger partial charge in [-0.3, -0.25) is 4.99 Å². The van der Waals surface area contributed by atoms with E-state index in [0.29, 0.717) is 6.61 Å². The third-order valence-corrected chi connectivity index (χ3v) is 3.64. The molecule has 22 heavy (non-hydrogen) atoms. The van der Waals surface area contributed by atoms with Crippen molar-refractivity contribution >= 4 is 5.96 Å². The summed E-state index contributed by atoms with van der Waals surface area (Å²) < 4.78 is 18.3. The molecule has 122 valence electrons. The molecule has 4 nitrogen and oxygen atoms in total. The average Bonchev–Trinajstić information content (AvgIpc) is 3.05. The van der Waals surface area contributed by atoms with Crippen LogP contribution in [0.4, 0.5) is 4.39 Å². The second-order valence-corrected chi connectivity index (χ2v) is 5.44. The first-order chi connectivity index (χ1) is 10.8. The lowest BCUT2D eigenvalue weighted by Gasteiger charge is -2.20. The Bertz CT molecular complexity index is 455. The topological polar surface area (TPSA) is 36.9 Å². The van der Waals surface area contributed by atoms with Crippen LogP contribution in [0.15, 0.2) is 29.3 Å². The molecule has 1 aliphatic rings. The number of rotatable bonds is 7. The second-order valence-electron chi connectivity index (χ2n) is 5.44. The summed E-state index contributed by atoms with van der Waals surface area (Å²) in [7, 11) is 0. The first-order valence-electron chi connectivity index (χ1n) is 8.21. The van der Waals surface area contributed by atoms with Gasteiger partial charge in [0.25, 0.3) is 0 Å². The summed E-state index contributed by atoms with van der Waals surface area (Å²) in [6, 6.07) is 6.14. The minimum atomic E-state index is -0.237. The lowest BCUT2D eigenvalue weighted by molar-refractivity contribution is 0.307. The minimum absolute atomic E-state index is 0.237. The summed E-state index contributed by atoms with van der Waals surface area (Å²) in [6.45, 7) is 6.68. The molecule has 2 rings (SSSR count). The van der Waals surface area contributed by atoms with E-state index in [9.17, 15) is 4.39 Å². The van der Waals surface area contributed by atoms with Gasteiger partial charge in [-0.15, -0.1) is 0 Å². The zero-order valence-electron chi connectivity index (χ0n) is 13.4. The summed E-state index contributed by atoms with van der Waals surface area (Å²) in [5, 5.41) is 3.36. The van der Waals surface area contributed by atoms with E-state index >= 15 is 0 Å². The van der Waals surface area contributed by atoms with Crippen molar-refractivity contribution in [3.63, 3.8) is 0 Å². The largest absolute Gasteiger partial charge is 0.494 e. The van der Waals surface area contributed by atoms with Crippen molar-refractivity contribution in [2.24, 2.45) is 4.99 Å². The maximum absolute atomic E-state index is 12.8. The Morgan fingerprint density at radius 3 is 2.64 bits per heavy atom. The molecule has 0 aromatic heterocycles. The number of ether oxygens (including phenoxy) is 1. The van der Waals surface area contributed by atoms with E-state index in [2.05, 4.69) is 22.1 Å². The van der Waals surface area contributed by atoms with E-state index in [1.54, 1.807) is 12.1 Å². The molecule has 1 aromatic rings. The third kappa shape index (κ3) is 5.54. The van der Waals surface area contributed by atoms with E-state index in [1.807, 2.05) is 0 Å². The lowest BCUT2D eigenvalue weighted by Crippen LogP contribution is -2.39. The molecule has 0 spiro atoms. The fourth-order valence-corrected chi connectivity index (χ4v) is 2.47. The van der Waals surface area contributed by atoms with Crippen LogP contribution in [0.3, 0.4) is 0 Å². The van der Waals surface area contributed by atoms with Gasteiger partial charge in [-0.2, -0.15) is 0 Å².